The van der Waals surface area contributed by atoms with Gasteiger partial charge in [-0.3, -0.25) is 9.98 Å². The van der Waals surface area contributed by atoms with Crippen LogP contribution in [0.15, 0.2) is 69.0 Å². The van der Waals surface area contributed by atoms with Gasteiger partial charge in [0.05, 0.1) is 52.7 Å². The number of methoxy groups -OCH3 is 4. The molecule has 2 aromatic carbocycles. The number of aliphatic hydroxyl groups is 1. The van der Waals surface area contributed by atoms with E-state index >= 15 is 0 Å². The average molecular weight is 1150 g/mol. The number of carboxylic acid groups (broad SMARTS) is 1. The van der Waals surface area contributed by atoms with Crippen LogP contribution in [0.25, 0.3) is 0 Å². The number of aliphatic hydroxyl groups excluding tert-OH is 1. The molecule has 0 bridgehead atoms. The standard InChI is InChI=1S/C13H14N2O4.C12H12N2O4.C10H19N3O3Si.C9H19N3O2Si.C4H8O.4CH4.B.Li.H/c1-17-11-7-9(13(16)18-2)3-4-10(11)19-8-12-14-5-6-15-12;1-17-10-6-8(12(15)16)2-3-9(10)18-7-11-13-4-5-14-11;1-15-10(14)9-11-7-13(12-9)8-16-5-6-17(2,3)4;1-15(2,3)5-4-14-8-12-7-10-9(6-13)11-12;1-2-4-5-3-1;;;;;;;/h3-5,7H,6,8H2,1-2H3;2-4,6H,5,7H2,1H3,(H,15,16);7H,5-6,8H2,1-4H3;7,13H,4-6,8H2,1-3H3;1-4H2;4*1H4;;;/q;;;;;;;;;;+1;-1. The monoisotopic (exact) mass is 1150 g/mol. The van der Waals surface area contributed by atoms with Gasteiger partial charge in [0.1, 0.15) is 45.9 Å². The number of amidine groups is 2. The van der Waals surface area contributed by atoms with Gasteiger partial charge in [-0.05, 0) is 61.3 Å². The summed E-state index contributed by atoms with van der Waals surface area (Å²) in [6.07, 6.45) is 9.00. The second-order valence-corrected chi connectivity index (χ2v) is 29.5. The quantitative estimate of drug-likeness (QED) is 0.0585. The van der Waals surface area contributed by atoms with Gasteiger partial charge < -0.3 is 54.3 Å². The number of nitrogens with zero attached hydrogens (tertiary/aromatic N) is 10. The molecule has 3 aliphatic heterocycles. The van der Waals surface area contributed by atoms with Crippen LogP contribution in [0.4, 0.5) is 0 Å². The van der Waals surface area contributed by atoms with Gasteiger partial charge >= 0.3 is 36.8 Å². The maximum atomic E-state index is 11.4. The van der Waals surface area contributed by atoms with E-state index in [1.165, 1.54) is 64.4 Å². The van der Waals surface area contributed by atoms with Crippen LogP contribution in [0, 0.1) is 0 Å². The van der Waals surface area contributed by atoms with Gasteiger partial charge in [0.25, 0.3) is 5.82 Å². The Hall–Kier alpha value is -6.05. The molecule has 2 aromatic heterocycles. The summed E-state index contributed by atoms with van der Waals surface area (Å²) in [6, 6.07) is 11.5. The van der Waals surface area contributed by atoms with Crippen LogP contribution < -0.4 is 37.8 Å². The van der Waals surface area contributed by atoms with Crippen LogP contribution in [-0.4, -0.2) is 187 Å². The first-order chi connectivity index (χ1) is 35.4. The van der Waals surface area contributed by atoms with Gasteiger partial charge in [-0.1, -0.05) is 69.0 Å². The first kappa shape index (κ1) is 80.4. The van der Waals surface area contributed by atoms with Crippen molar-refractivity contribution < 1.29 is 87.5 Å². The molecule has 0 amide bonds. The smallest absolute Gasteiger partial charge is 1.00 e. The fourth-order valence-corrected chi connectivity index (χ4v) is 7.17. The third-order valence-electron chi connectivity index (χ3n) is 9.80. The van der Waals surface area contributed by atoms with E-state index in [-0.39, 0.29) is 89.6 Å². The average Bonchev–Trinajstić information content (AvgIpc) is 4.26. The summed E-state index contributed by atoms with van der Waals surface area (Å²) in [6.45, 7) is 19.6. The summed E-state index contributed by atoms with van der Waals surface area (Å²) in [5, 5.41) is 25.6. The summed E-state index contributed by atoms with van der Waals surface area (Å²) in [4.78, 5) is 57.3. The molecule has 80 heavy (non-hydrogen) atoms. The molecule has 2 N–H and O–H groups in total. The number of ether oxygens (including phenoxy) is 9. The molecule has 28 heteroatoms. The number of aromatic carboxylic acids is 1. The minimum absolute atomic E-state index is 0. The number of benzene rings is 2. The Morgan fingerprint density at radius 1 is 0.650 bits per heavy atom. The fraction of sp³-hybridized carbons (Fsp3) is 0.558. The number of carbonyl (C=O) groups excluding carboxylic acids is 2. The zero-order chi connectivity index (χ0) is 54.4. The predicted molar refractivity (Wildman–Crippen MR) is 316 cm³/mol. The normalized spacial score (nSPS) is 12.3. The Labute approximate surface area is 491 Å². The molecular weight excluding hydrogens is 1060 g/mol. The molecule has 3 radical (unpaired) electrons. The summed E-state index contributed by atoms with van der Waals surface area (Å²) >= 11 is 0. The molecule has 5 heterocycles. The van der Waals surface area contributed by atoms with Crippen LogP contribution in [0.1, 0.15) is 81.1 Å². The molecular formula is C52H89BLiN10O14Si2. The molecule has 0 spiro atoms. The van der Waals surface area contributed by atoms with E-state index in [0.717, 1.165) is 31.9 Å². The minimum atomic E-state index is -1.06. The Kier molecular flexibility index (Phi) is 43.9. The number of carbonyl (C=O) groups is 3. The van der Waals surface area contributed by atoms with Crippen molar-refractivity contribution in [2.75, 3.05) is 81.2 Å². The molecule has 0 saturated carbocycles. The van der Waals surface area contributed by atoms with Crippen molar-refractivity contribution >= 4 is 66.6 Å². The van der Waals surface area contributed by atoms with E-state index in [1.54, 1.807) is 47.7 Å². The van der Waals surface area contributed by atoms with E-state index in [9.17, 15) is 14.4 Å². The number of aromatic nitrogens is 6. The Morgan fingerprint density at radius 3 is 1.48 bits per heavy atom. The van der Waals surface area contributed by atoms with E-state index in [2.05, 4.69) is 88.9 Å². The topological polar surface area (TPSA) is 286 Å². The predicted octanol–water partition coefficient (Wildman–Crippen LogP) is 5.14. The van der Waals surface area contributed by atoms with Gasteiger partial charge in [0.15, 0.2) is 40.5 Å². The van der Waals surface area contributed by atoms with Crippen molar-refractivity contribution in [2.45, 2.75) is 114 Å². The van der Waals surface area contributed by atoms with Gasteiger partial charge in [-0.15, -0.1) is 5.10 Å². The molecule has 0 atom stereocenters. The summed E-state index contributed by atoms with van der Waals surface area (Å²) in [7, 11) is 3.53. The van der Waals surface area contributed by atoms with Crippen LogP contribution >= 0.6 is 0 Å². The zero-order valence-electron chi connectivity index (χ0n) is 46.7. The second-order valence-electron chi connectivity index (χ2n) is 18.2. The van der Waals surface area contributed by atoms with Crippen molar-refractivity contribution in [3.8, 4) is 23.0 Å². The SMILES string of the molecule is C.C.C.C.C1CCOC1.COC(=O)c1ccc(OCC2=NCC=N2)c(OC)c1.COC(=O)c1ncn(COCC[Si](C)(C)C)n1.COc1cc(C(=O)O)ccc1OCC1=NCC=N1.C[Si](C)(C)CCOCn1cnc(CO)n1.[B].[H-].[Li+]. The van der Waals surface area contributed by atoms with Gasteiger partial charge in [0, 0.05) is 63.4 Å². The number of hydrogen-bond acceptors (Lipinski definition) is 21. The van der Waals surface area contributed by atoms with Crippen LogP contribution in [-0.2, 0) is 43.8 Å². The minimum Gasteiger partial charge on any atom is -1.00 e. The van der Waals surface area contributed by atoms with E-state index < -0.39 is 34.1 Å². The third-order valence-corrected chi connectivity index (χ3v) is 13.2. The Bertz CT molecular complexity index is 2480. The molecule has 3 aliphatic rings. The fourth-order valence-electron chi connectivity index (χ4n) is 5.66. The van der Waals surface area contributed by atoms with E-state index in [0.29, 0.717) is 79.2 Å². The number of carboxylic acids is 1. The first-order valence-electron chi connectivity index (χ1n) is 23.6. The number of hydrogen-bond donors (Lipinski definition) is 2. The molecule has 7 rings (SSSR count). The van der Waals surface area contributed by atoms with Gasteiger partial charge in [-0.25, -0.2) is 43.7 Å². The summed E-state index contributed by atoms with van der Waals surface area (Å²) in [5.74, 6) is 1.60. The number of rotatable bonds is 22. The zero-order valence-corrected chi connectivity index (χ0v) is 47.7. The molecule has 24 nitrogen and oxygen atoms in total. The van der Waals surface area contributed by atoms with Crippen molar-refractivity contribution in [3.05, 3.63) is 71.8 Å². The van der Waals surface area contributed by atoms with Gasteiger partial charge in [0.2, 0.25) is 0 Å². The molecule has 0 aliphatic carbocycles. The maximum Gasteiger partial charge on any atom is 1.00 e. The number of esters is 2. The van der Waals surface area contributed by atoms with Crippen molar-refractivity contribution in [1.82, 2.24) is 29.5 Å². The van der Waals surface area contributed by atoms with Crippen molar-refractivity contribution in [2.24, 2.45) is 20.0 Å². The Balaban J connectivity index is -0.000000300. The van der Waals surface area contributed by atoms with E-state index in [1.807, 2.05) is 0 Å². The largest absolute Gasteiger partial charge is 1.00 e. The van der Waals surface area contributed by atoms with Crippen LogP contribution in [0.2, 0.25) is 51.4 Å². The van der Waals surface area contributed by atoms with Crippen LogP contribution in [0.5, 0.6) is 23.0 Å². The first-order valence-corrected chi connectivity index (χ1v) is 31.0. The molecule has 0 unspecified atom stereocenters. The molecule has 1 saturated heterocycles. The maximum absolute atomic E-state index is 11.4. The van der Waals surface area contributed by atoms with E-state index in [4.69, 9.17) is 43.4 Å². The summed E-state index contributed by atoms with van der Waals surface area (Å²) < 4.78 is 49.4. The Morgan fingerprint density at radius 2 is 1.10 bits per heavy atom. The number of aliphatic imine (C=N–C) groups is 4. The third kappa shape index (κ3) is 32.9. The van der Waals surface area contributed by atoms with Crippen molar-refractivity contribution in [1.29, 1.82) is 0 Å². The molecule has 4 aromatic rings. The molecule has 1 fully saturated rings. The van der Waals surface area contributed by atoms with Crippen molar-refractivity contribution in [3.63, 3.8) is 0 Å². The van der Waals surface area contributed by atoms with Gasteiger partial charge in [-0.2, -0.15) is 5.10 Å². The second kappa shape index (κ2) is 43.7. The summed E-state index contributed by atoms with van der Waals surface area (Å²) in [5.41, 5.74) is 0.554. The molecule has 443 valence electrons. The van der Waals surface area contributed by atoms with Crippen LogP contribution in [0.3, 0.4) is 0 Å².